The van der Waals surface area contributed by atoms with Gasteiger partial charge in [-0.1, -0.05) is 24.3 Å². The lowest BCUT2D eigenvalue weighted by atomic mass is 9.86. The molecule has 2 saturated heterocycles. The van der Waals surface area contributed by atoms with Gasteiger partial charge in [0.1, 0.15) is 17.9 Å². The molecule has 4 aromatic rings. The van der Waals surface area contributed by atoms with Gasteiger partial charge in [-0.2, -0.15) is 0 Å². The SMILES string of the molecule is CNc1ccc(CN2CCC3(CCN(c4ncncc4Oc4ccc(F)cc4C(=O)N(C)c4ccccc4)C3)C2)cc1NC=O. The van der Waals surface area contributed by atoms with Crippen molar-refractivity contribution >= 4 is 35.2 Å². The van der Waals surface area contributed by atoms with Gasteiger partial charge < -0.3 is 25.2 Å². The van der Waals surface area contributed by atoms with E-state index in [4.69, 9.17) is 4.74 Å². The molecule has 3 heterocycles. The van der Waals surface area contributed by atoms with Crippen LogP contribution in [0.4, 0.5) is 27.3 Å². The van der Waals surface area contributed by atoms with E-state index in [1.54, 1.807) is 13.2 Å². The standard InChI is InChI=1S/C34H36FN7O3/c1-36-28-10-8-24(16-29(28)39-23-43)19-41-14-12-34(20-41)13-15-42(21-34)32-31(18-37-22-38-32)45-30-11-9-25(35)17-27(30)33(44)40(2)26-6-4-3-5-7-26/h3-11,16-18,22-23,36H,12-15,19-21H2,1-2H3,(H,39,43). The highest BCUT2D eigenvalue weighted by Crippen LogP contribution is 2.43. The van der Waals surface area contributed by atoms with Gasteiger partial charge in [0.15, 0.2) is 11.6 Å². The van der Waals surface area contributed by atoms with Crippen molar-refractivity contribution in [1.29, 1.82) is 0 Å². The molecule has 2 aliphatic rings. The van der Waals surface area contributed by atoms with E-state index in [1.165, 1.54) is 29.4 Å². The molecule has 2 N–H and O–H groups in total. The summed E-state index contributed by atoms with van der Waals surface area (Å²) in [5.74, 6) is 0.362. The Kier molecular flexibility index (Phi) is 8.61. The molecule has 45 heavy (non-hydrogen) atoms. The predicted molar refractivity (Wildman–Crippen MR) is 173 cm³/mol. The third kappa shape index (κ3) is 6.44. The van der Waals surface area contributed by atoms with Gasteiger partial charge in [-0.05, 0) is 67.4 Å². The first-order chi connectivity index (χ1) is 21.9. The lowest BCUT2D eigenvalue weighted by Crippen LogP contribution is -2.31. The summed E-state index contributed by atoms with van der Waals surface area (Å²) in [7, 11) is 3.48. The predicted octanol–water partition coefficient (Wildman–Crippen LogP) is 5.40. The Labute approximate surface area is 261 Å². The first-order valence-electron chi connectivity index (χ1n) is 15.0. The zero-order valence-electron chi connectivity index (χ0n) is 25.4. The van der Waals surface area contributed by atoms with Crippen LogP contribution in [0.3, 0.4) is 0 Å². The second-order valence-corrected chi connectivity index (χ2v) is 11.7. The second-order valence-electron chi connectivity index (χ2n) is 11.7. The summed E-state index contributed by atoms with van der Waals surface area (Å²) in [4.78, 5) is 39.5. The van der Waals surface area contributed by atoms with Gasteiger partial charge in [-0.15, -0.1) is 0 Å². The summed E-state index contributed by atoms with van der Waals surface area (Å²) in [6.45, 7) is 4.31. The van der Waals surface area contributed by atoms with E-state index >= 15 is 0 Å². The molecule has 0 radical (unpaired) electrons. The van der Waals surface area contributed by atoms with E-state index in [2.05, 4.69) is 36.5 Å². The van der Waals surface area contributed by atoms with Crippen LogP contribution in [0.2, 0.25) is 0 Å². The fraction of sp³-hybridized carbons (Fsp3) is 0.294. The number of amides is 2. The molecule has 0 aliphatic carbocycles. The summed E-state index contributed by atoms with van der Waals surface area (Å²) < 4.78 is 20.7. The fourth-order valence-electron chi connectivity index (χ4n) is 6.41. The summed E-state index contributed by atoms with van der Waals surface area (Å²) in [6, 6.07) is 19.2. The molecule has 11 heteroatoms. The number of anilines is 4. The number of benzene rings is 3. The number of hydrogen-bond donors (Lipinski definition) is 2. The normalized spacial score (nSPS) is 17.8. The molecule has 3 aromatic carbocycles. The molecule has 232 valence electrons. The molecule has 0 bridgehead atoms. The quantitative estimate of drug-likeness (QED) is 0.231. The number of carbonyl (C=O) groups excluding carboxylic acids is 2. The molecule has 2 fully saturated rings. The van der Waals surface area contributed by atoms with Crippen molar-refractivity contribution < 1.29 is 18.7 Å². The molecule has 1 unspecified atom stereocenters. The molecule has 0 saturated carbocycles. The lowest BCUT2D eigenvalue weighted by Gasteiger charge is -2.26. The van der Waals surface area contributed by atoms with Crippen molar-refractivity contribution in [2.45, 2.75) is 19.4 Å². The zero-order chi connectivity index (χ0) is 31.4. The molecular formula is C34H36FN7O3. The zero-order valence-corrected chi connectivity index (χ0v) is 25.4. The maximum absolute atomic E-state index is 14.4. The van der Waals surface area contributed by atoms with Gasteiger partial charge in [0, 0.05) is 51.4 Å². The summed E-state index contributed by atoms with van der Waals surface area (Å²) >= 11 is 0. The molecule has 1 aromatic heterocycles. The monoisotopic (exact) mass is 609 g/mol. The van der Waals surface area contributed by atoms with Gasteiger partial charge in [0.25, 0.3) is 5.91 Å². The first kappa shape index (κ1) is 30.0. The molecular weight excluding hydrogens is 573 g/mol. The Morgan fingerprint density at radius 2 is 1.87 bits per heavy atom. The van der Waals surface area contributed by atoms with Crippen LogP contribution in [0.1, 0.15) is 28.8 Å². The van der Waals surface area contributed by atoms with Crippen LogP contribution in [0.15, 0.2) is 79.3 Å². The van der Waals surface area contributed by atoms with Gasteiger partial charge >= 0.3 is 0 Å². The van der Waals surface area contributed by atoms with Gasteiger partial charge in [0.05, 0.1) is 23.1 Å². The Morgan fingerprint density at radius 3 is 2.67 bits per heavy atom. The van der Waals surface area contributed by atoms with Crippen LogP contribution in [-0.4, -0.2) is 67.5 Å². The molecule has 1 spiro atoms. The Morgan fingerprint density at radius 1 is 1.04 bits per heavy atom. The fourth-order valence-corrected chi connectivity index (χ4v) is 6.41. The Hall–Kier alpha value is -5.03. The molecule has 2 amide bonds. The highest BCUT2D eigenvalue weighted by atomic mass is 19.1. The topological polar surface area (TPSA) is 103 Å². The third-order valence-corrected chi connectivity index (χ3v) is 8.73. The number of rotatable bonds is 10. The van der Waals surface area contributed by atoms with Crippen molar-refractivity contribution in [3.05, 3.63) is 96.2 Å². The highest BCUT2D eigenvalue weighted by Gasteiger charge is 2.44. The van der Waals surface area contributed by atoms with Crippen LogP contribution in [-0.2, 0) is 11.3 Å². The van der Waals surface area contributed by atoms with Gasteiger partial charge in [-0.3, -0.25) is 14.5 Å². The number of hydrogen-bond acceptors (Lipinski definition) is 8. The number of nitrogens with zero attached hydrogens (tertiary/aromatic N) is 5. The molecule has 6 rings (SSSR count). The van der Waals surface area contributed by atoms with Crippen LogP contribution < -0.4 is 25.2 Å². The van der Waals surface area contributed by atoms with E-state index in [-0.39, 0.29) is 16.7 Å². The Bertz CT molecular complexity index is 1690. The van der Waals surface area contributed by atoms with Crippen LogP contribution in [0.25, 0.3) is 0 Å². The smallest absolute Gasteiger partial charge is 0.261 e. The number of nitrogens with one attached hydrogen (secondary N) is 2. The number of carbonyl (C=O) groups is 2. The van der Waals surface area contributed by atoms with Crippen molar-refractivity contribution in [3.63, 3.8) is 0 Å². The van der Waals surface area contributed by atoms with Crippen molar-refractivity contribution in [2.75, 3.05) is 60.7 Å². The number of likely N-dealkylation sites (tertiary alicyclic amines) is 1. The van der Waals surface area contributed by atoms with E-state index in [1.807, 2.05) is 49.5 Å². The van der Waals surface area contributed by atoms with Gasteiger partial charge in [0.2, 0.25) is 6.41 Å². The minimum atomic E-state index is -0.529. The number of para-hydroxylation sites is 1. The molecule has 1 atom stereocenters. The second kappa shape index (κ2) is 12.9. The largest absolute Gasteiger partial charge is 0.451 e. The number of ether oxygens (including phenoxy) is 1. The number of halogens is 1. The van der Waals surface area contributed by atoms with E-state index in [0.29, 0.717) is 23.7 Å². The summed E-state index contributed by atoms with van der Waals surface area (Å²) in [5.41, 5.74) is 3.67. The molecule has 10 nitrogen and oxygen atoms in total. The minimum Gasteiger partial charge on any atom is -0.451 e. The highest BCUT2D eigenvalue weighted by molar-refractivity contribution is 6.07. The maximum atomic E-state index is 14.4. The summed E-state index contributed by atoms with van der Waals surface area (Å²) in [5, 5.41) is 5.89. The summed E-state index contributed by atoms with van der Waals surface area (Å²) in [6.07, 6.45) is 5.84. The minimum absolute atomic E-state index is 0.104. The van der Waals surface area contributed by atoms with Crippen molar-refractivity contribution in [2.24, 2.45) is 5.41 Å². The van der Waals surface area contributed by atoms with E-state index in [9.17, 15) is 14.0 Å². The third-order valence-electron chi connectivity index (χ3n) is 8.73. The van der Waals surface area contributed by atoms with Crippen molar-refractivity contribution in [3.8, 4) is 11.5 Å². The van der Waals surface area contributed by atoms with Crippen LogP contribution in [0.5, 0.6) is 11.5 Å². The first-order valence-corrected chi connectivity index (χ1v) is 15.0. The maximum Gasteiger partial charge on any atom is 0.261 e. The number of aromatic nitrogens is 2. The van der Waals surface area contributed by atoms with E-state index < -0.39 is 11.7 Å². The van der Waals surface area contributed by atoms with E-state index in [0.717, 1.165) is 62.5 Å². The Balaban J connectivity index is 1.17. The van der Waals surface area contributed by atoms with Crippen LogP contribution >= 0.6 is 0 Å². The van der Waals surface area contributed by atoms with Crippen molar-refractivity contribution in [1.82, 2.24) is 14.9 Å². The average molecular weight is 610 g/mol. The average Bonchev–Trinajstić information content (AvgIpc) is 3.67. The van der Waals surface area contributed by atoms with Crippen LogP contribution in [0, 0.1) is 11.2 Å². The molecule has 2 aliphatic heterocycles. The lowest BCUT2D eigenvalue weighted by molar-refractivity contribution is -0.105. The van der Waals surface area contributed by atoms with Gasteiger partial charge in [-0.25, -0.2) is 14.4 Å².